The van der Waals surface area contributed by atoms with Crippen molar-refractivity contribution in [3.05, 3.63) is 57.6 Å². The second-order valence-corrected chi connectivity index (χ2v) is 9.32. The maximum atomic E-state index is 13.3. The number of carbonyl (C=O) groups excluding carboxylic acids is 1. The molecule has 0 radical (unpaired) electrons. The van der Waals surface area contributed by atoms with Gasteiger partial charge in [-0.2, -0.15) is 0 Å². The first-order valence-corrected chi connectivity index (χ1v) is 11.0. The molecule has 0 aliphatic carbocycles. The van der Waals surface area contributed by atoms with Gasteiger partial charge in [0, 0.05) is 11.6 Å². The molecule has 2 aromatic carbocycles. The zero-order valence-electron chi connectivity index (χ0n) is 18.2. The molecule has 0 N–H and O–H groups in total. The molecule has 1 heterocycles. The summed E-state index contributed by atoms with van der Waals surface area (Å²) in [7, 11) is 4.09. The van der Waals surface area contributed by atoms with E-state index in [4.69, 9.17) is 16.6 Å². The third kappa shape index (κ3) is 5.94. The van der Waals surface area contributed by atoms with Crippen molar-refractivity contribution in [2.24, 2.45) is 0 Å². The molecule has 7 heteroatoms. The Bertz CT molecular complexity index is 1030. The number of amides is 1. The number of hydrogen-bond donors (Lipinski definition) is 0. The Balaban J connectivity index is 0.00000320. The molecule has 0 spiro atoms. The molecular weight excluding hydrogens is 437 g/mol. The van der Waals surface area contributed by atoms with Crippen LogP contribution in [-0.4, -0.2) is 43.0 Å². The van der Waals surface area contributed by atoms with Crippen LogP contribution in [0.4, 0.5) is 5.13 Å². The van der Waals surface area contributed by atoms with E-state index in [1.54, 1.807) is 0 Å². The van der Waals surface area contributed by atoms with Gasteiger partial charge in [0.25, 0.3) is 0 Å². The van der Waals surface area contributed by atoms with Gasteiger partial charge in [0.2, 0.25) is 5.91 Å². The second kappa shape index (κ2) is 10.6. The van der Waals surface area contributed by atoms with Gasteiger partial charge in [-0.05, 0) is 76.7 Å². The molecule has 4 nitrogen and oxygen atoms in total. The largest absolute Gasteiger partial charge is 0.309 e. The molecule has 0 unspecified atom stereocenters. The number of rotatable bonds is 7. The summed E-state index contributed by atoms with van der Waals surface area (Å²) in [6, 6.07) is 10.1. The van der Waals surface area contributed by atoms with Crippen molar-refractivity contribution < 1.29 is 4.79 Å². The Labute approximate surface area is 194 Å². The molecule has 0 aliphatic heterocycles. The number of halogens is 2. The minimum absolute atomic E-state index is 0. The monoisotopic (exact) mass is 465 g/mol. The van der Waals surface area contributed by atoms with E-state index in [1.165, 1.54) is 16.9 Å². The van der Waals surface area contributed by atoms with Gasteiger partial charge in [-0.25, -0.2) is 4.98 Å². The predicted octanol–water partition coefficient (Wildman–Crippen LogP) is 5.82. The maximum Gasteiger partial charge on any atom is 0.233 e. The highest BCUT2D eigenvalue weighted by Gasteiger charge is 2.21. The van der Waals surface area contributed by atoms with E-state index in [1.807, 2.05) is 38.1 Å². The summed E-state index contributed by atoms with van der Waals surface area (Å²) < 4.78 is 1.02. The third-order valence-electron chi connectivity index (χ3n) is 5.00. The molecule has 162 valence electrons. The number of nitrogens with zero attached hydrogens (tertiary/aromatic N) is 3. The molecule has 0 aliphatic rings. The minimum atomic E-state index is 0. The summed E-state index contributed by atoms with van der Waals surface area (Å²) in [6.07, 6.45) is 1.27. The lowest BCUT2D eigenvalue weighted by Crippen LogP contribution is -2.34. The molecule has 0 fully saturated rings. The minimum Gasteiger partial charge on any atom is -0.309 e. The smallest absolute Gasteiger partial charge is 0.233 e. The number of aromatic nitrogens is 1. The van der Waals surface area contributed by atoms with Crippen molar-refractivity contribution in [3.8, 4) is 0 Å². The van der Waals surface area contributed by atoms with Crippen molar-refractivity contribution in [1.29, 1.82) is 0 Å². The number of fused-ring (bicyclic) bond motifs is 1. The molecule has 1 aromatic heterocycles. The Morgan fingerprint density at radius 2 is 1.80 bits per heavy atom. The number of thiazole rings is 1. The lowest BCUT2D eigenvalue weighted by atomic mass is 10.0. The van der Waals surface area contributed by atoms with Gasteiger partial charge in [0.15, 0.2) is 5.13 Å². The Hall–Kier alpha value is -1.66. The van der Waals surface area contributed by atoms with E-state index in [-0.39, 0.29) is 18.3 Å². The van der Waals surface area contributed by atoms with Gasteiger partial charge < -0.3 is 4.90 Å². The Morgan fingerprint density at radius 1 is 1.07 bits per heavy atom. The van der Waals surface area contributed by atoms with E-state index in [9.17, 15) is 4.79 Å². The van der Waals surface area contributed by atoms with Crippen LogP contribution in [-0.2, 0) is 11.2 Å². The van der Waals surface area contributed by atoms with Gasteiger partial charge in [0.1, 0.15) is 0 Å². The van der Waals surface area contributed by atoms with E-state index < -0.39 is 0 Å². The Morgan fingerprint density at radius 3 is 2.47 bits per heavy atom. The number of benzene rings is 2. The molecule has 0 saturated carbocycles. The third-order valence-corrected chi connectivity index (χ3v) is 6.24. The fraction of sp³-hybridized carbons (Fsp3) is 0.391. The van der Waals surface area contributed by atoms with Crippen LogP contribution in [0.5, 0.6) is 0 Å². The standard InChI is InChI=1S/C23H28ClN3OS.ClH/c1-15-7-8-18(16(2)11-15)13-21(28)27(10-6-9-26(4)5)23-25-22-17(3)12-19(24)14-20(22)29-23;/h7-8,11-12,14H,6,9-10,13H2,1-5H3;1H. The van der Waals surface area contributed by atoms with E-state index in [0.29, 0.717) is 18.0 Å². The average Bonchev–Trinajstić information content (AvgIpc) is 3.04. The van der Waals surface area contributed by atoms with Crippen LogP contribution < -0.4 is 4.90 Å². The molecule has 30 heavy (non-hydrogen) atoms. The lowest BCUT2D eigenvalue weighted by molar-refractivity contribution is -0.118. The SMILES string of the molecule is Cc1ccc(CC(=O)N(CCCN(C)C)c2nc3c(C)cc(Cl)cc3s2)c(C)c1.Cl. The molecule has 0 atom stereocenters. The number of carbonyl (C=O) groups is 1. The van der Waals surface area contributed by atoms with Crippen molar-refractivity contribution in [2.75, 3.05) is 32.1 Å². The zero-order chi connectivity index (χ0) is 21.1. The van der Waals surface area contributed by atoms with Crippen LogP contribution in [0.15, 0.2) is 30.3 Å². The summed E-state index contributed by atoms with van der Waals surface area (Å²) in [6.45, 7) is 7.71. The quantitative estimate of drug-likeness (QED) is 0.440. The van der Waals surface area contributed by atoms with Gasteiger partial charge in [-0.1, -0.05) is 46.7 Å². The van der Waals surface area contributed by atoms with Gasteiger partial charge in [0.05, 0.1) is 16.6 Å². The van der Waals surface area contributed by atoms with Gasteiger partial charge in [-0.15, -0.1) is 12.4 Å². The van der Waals surface area contributed by atoms with Crippen molar-refractivity contribution >= 4 is 56.6 Å². The highest BCUT2D eigenvalue weighted by Crippen LogP contribution is 2.33. The number of aryl methyl sites for hydroxylation is 3. The first kappa shape index (κ1) is 24.6. The topological polar surface area (TPSA) is 36.4 Å². The molecular formula is C23H29Cl2N3OS. The van der Waals surface area contributed by atoms with Crippen LogP contribution in [0, 0.1) is 20.8 Å². The summed E-state index contributed by atoms with van der Waals surface area (Å²) in [5.41, 5.74) is 5.38. The van der Waals surface area contributed by atoms with E-state index in [2.05, 4.69) is 36.9 Å². The molecule has 1 amide bonds. The van der Waals surface area contributed by atoms with Crippen LogP contribution in [0.2, 0.25) is 5.02 Å². The fourth-order valence-corrected chi connectivity index (χ4v) is 4.90. The van der Waals surface area contributed by atoms with Crippen LogP contribution in [0.25, 0.3) is 10.2 Å². The summed E-state index contributed by atoms with van der Waals surface area (Å²) >= 11 is 7.76. The summed E-state index contributed by atoms with van der Waals surface area (Å²) in [5.74, 6) is 0.0820. The maximum absolute atomic E-state index is 13.3. The summed E-state index contributed by atoms with van der Waals surface area (Å²) in [4.78, 5) is 22.1. The first-order valence-electron chi connectivity index (χ1n) is 9.82. The first-order chi connectivity index (χ1) is 13.7. The van der Waals surface area contributed by atoms with Crippen molar-refractivity contribution in [2.45, 2.75) is 33.6 Å². The Kier molecular flexibility index (Phi) is 8.68. The van der Waals surface area contributed by atoms with Crippen molar-refractivity contribution in [3.63, 3.8) is 0 Å². The highest BCUT2D eigenvalue weighted by molar-refractivity contribution is 7.22. The van der Waals surface area contributed by atoms with Crippen LogP contribution >= 0.6 is 35.3 Å². The second-order valence-electron chi connectivity index (χ2n) is 7.87. The molecule has 3 aromatic rings. The van der Waals surface area contributed by atoms with Crippen LogP contribution in [0.1, 0.15) is 28.7 Å². The molecule has 3 rings (SSSR count). The molecule has 0 bridgehead atoms. The zero-order valence-corrected chi connectivity index (χ0v) is 20.5. The van der Waals surface area contributed by atoms with Gasteiger partial charge in [-0.3, -0.25) is 9.69 Å². The lowest BCUT2D eigenvalue weighted by Gasteiger charge is -2.21. The molecule has 0 saturated heterocycles. The number of hydrogen-bond acceptors (Lipinski definition) is 4. The van der Waals surface area contributed by atoms with Gasteiger partial charge >= 0.3 is 0 Å². The predicted molar refractivity (Wildman–Crippen MR) is 132 cm³/mol. The number of anilines is 1. The summed E-state index contributed by atoms with van der Waals surface area (Å²) in [5, 5.41) is 1.45. The fourth-order valence-electron chi connectivity index (χ4n) is 3.43. The highest BCUT2D eigenvalue weighted by atomic mass is 35.5. The van der Waals surface area contributed by atoms with Crippen LogP contribution in [0.3, 0.4) is 0 Å². The van der Waals surface area contributed by atoms with Crippen molar-refractivity contribution in [1.82, 2.24) is 9.88 Å². The van der Waals surface area contributed by atoms with E-state index in [0.717, 1.165) is 45.0 Å². The van der Waals surface area contributed by atoms with E-state index >= 15 is 0 Å². The normalized spacial score (nSPS) is 11.0. The average molecular weight is 466 g/mol.